The molecule has 5 nitrogen and oxygen atoms in total. The zero-order valence-electron chi connectivity index (χ0n) is 13.7. The fraction of sp³-hybridized carbons (Fsp3) is 0.529. The van der Waals surface area contributed by atoms with E-state index in [1.807, 2.05) is 11.1 Å². The maximum atomic E-state index is 12.6. The number of aromatic nitrogens is 2. The number of nitrogens with one attached hydrogen (secondary N) is 1. The van der Waals surface area contributed by atoms with Crippen LogP contribution in [-0.4, -0.2) is 27.0 Å². The molecule has 0 radical (unpaired) electrons. The summed E-state index contributed by atoms with van der Waals surface area (Å²) < 4.78 is 2.12. The lowest BCUT2D eigenvalue weighted by Gasteiger charge is -2.24. The third-order valence-electron chi connectivity index (χ3n) is 4.15. The van der Waals surface area contributed by atoms with Crippen LogP contribution in [0.3, 0.4) is 0 Å². The van der Waals surface area contributed by atoms with E-state index >= 15 is 0 Å². The van der Waals surface area contributed by atoms with Gasteiger partial charge in [-0.05, 0) is 30.2 Å². The monoisotopic (exact) mass is 332 g/mol. The Morgan fingerprint density at radius 1 is 1.52 bits per heavy atom. The van der Waals surface area contributed by atoms with Gasteiger partial charge in [-0.3, -0.25) is 0 Å². The molecule has 6 heteroatoms. The fourth-order valence-corrected chi connectivity index (χ4v) is 3.98. The van der Waals surface area contributed by atoms with Crippen molar-refractivity contribution in [2.45, 2.75) is 45.8 Å². The molecule has 0 spiro atoms. The second-order valence-corrected chi connectivity index (χ2v) is 7.39. The highest BCUT2D eigenvalue weighted by molar-refractivity contribution is 7.10. The first-order valence-corrected chi connectivity index (χ1v) is 9.11. The number of thiophene rings is 1. The van der Waals surface area contributed by atoms with Crippen LogP contribution in [0.5, 0.6) is 0 Å². The van der Waals surface area contributed by atoms with Crippen LogP contribution in [0, 0.1) is 5.92 Å². The average Bonchev–Trinajstić information content (AvgIpc) is 3.25. The Bertz CT molecular complexity index is 635. The average molecular weight is 332 g/mol. The van der Waals surface area contributed by atoms with Crippen molar-refractivity contribution in [2.24, 2.45) is 5.92 Å². The molecule has 23 heavy (non-hydrogen) atoms. The summed E-state index contributed by atoms with van der Waals surface area (Å²) in [5, 5.41) is 5.12. The first kappa shape index (κ1) is 16.1. The van der Waals surface area contributed by atoms with Gasteiger partial charge in [0.25, 0.3) is 0 Å². The lowest BCUT2D eigenvalue weighted by Crippen LogP contribution is -2.39. The van der Waals surface area contributed by atoms with Crippen molar-refractivity contribution in [2.75, 3.05) is 6.54 Å². The highest BCUT2D eigenvalue weighted by Crippen LogP contribution is 2.34. The Kier molecular flexibility index (Phi) is 5.00. The molecule has 1 aliphatic rings. The van der Waals surface area contributed by atoms with Gasteiger partial charge in [-0.2, -0.15) is 0 Å². The van der Waals surface area contributed by atoms with Crippen LogP contribution in [-0.2, 0) is 13.1 Å². The predicted octanol–water partition coefficient (Wildman–Crippen LogP) is 3.65. The molecular formula is C17H24N4OS. The molecule has 0 bridgehead atoms. The number of rotatable bonds is 5. The third kappa shape index (κ3) is 3.75. The second kappa shape index (κ2) is 7.17. The summed E-state index contributed by atoms with van der Waals surface area (Å²) in [7, 11) is 0. The highest BCUT2D eigenvalue weighted by Gasteiger charge is 2.30. The Morgan fingerprint density at radius 3 is 3.13 bits per heavy atom. The number of imidazole rings is 1. The first-order valence-electron chi connectivity index (χ1n) is 8.23. The van der Waals surface area contributed by atoms with E-state index in [1.165, 1.54) is 4.88 Å². The number of urea groups is 1. The molecule has 1 fully saturated rings. The van der Waals surface area contributed by atoms with Crippen molar-refractivity contribution in [3.63, 3.8) is 0 Å². The van der Waals surface area contributed by atoms with Gasteiger partial charge in [-0.25, -0.2) is 9.78 Å². The quantitative estimate of drug-likeness (QED) is 0.908. The molecule has 1 N–H and O–H groups in total. The number of carbonyl (C=O) groups is 1. The summed E-state index contributed by atoms with van der Waals surface area (Å²) in [6.45, 7) is 6.59. The van der Waals surface area contributed by atoms with E-state index in [0.29, 0.717) is 12.5 Å². The number of hydrogen-bond acceptors (Lipinski definition) is 3. The van der Waals surface area contributed by atoms with Crippen molar-refractivity contribution in [3.05, 3.63) is 40.6 Å². The molecule has 1 unspecified atom stereocenters. The van der Waals surface area contributed by atoms with E-state index in [9.17, 15) is 4.79 Å². The maximum Gasteiger partial charge on any atom is 0.318 e. The lowest BCUT2D eigenvalue weighted by atomic mass is 10.2. The van der Waals surface area contributed by atoms with Crippen LogP contribution >= 0.6 is 11.3 Å². The lowest BCUT2D eigenvalue weighted by molar-refractivity contribution is 0.193. The molecule has 2 amide bonds. The first-order chi connectivity index (χ1) is 11.1. The second-order valence-electron chi connectivity index (χ2n) is 6.42. The van der Waals surface area contributed by atoms with Crippen molar-refractivity contribution in [1.29, 1.82) is 0 Å². The van der Waals surface area contributed by atoms with Crippen LogP contribution in [0.25, 0.3) is 0 Å². The molecule has 0 saturated carbocycles. The van der Waals surface area contributed by atoms with Gasteiger partial charge >= 0.3 is 6.03 Å². The van der Waals surface area contributed by atoms with Gasteiger partial charge in [-0.1, -0.05) is 19.9 Å². The van der Waals surface area contributed by atoms with E-state index in [1.54, 1.807) is 17.5 Å². The molecule has 1 saturated heterocycles. The van der Waals surface area contributed by atoms with Crippen LogP contribution < -0.4 is 5.32 Å². The minimum absolute atomic E-state index is 0.0139. The van der Waals surface area contributed by atoms with Gasteiger partial charge in [0.2, 0.25) is 0 Å². The summed E-state index contributed by atoms with van der Waals surface area (Å²) in [5.41, 5.74) is 0. The van der Waals surface area contributed by atoms with Crippen molar-refractivity contribution >= 4 is 17.4 Å². The van der Waals surface area contributed by atoms with Gasteiger partial charge in [0.1, 0.15) is 5.82 Å². The van der Waals surface area contributed by atoms with Crippen LogP contribution in [0.2, 0.25) is 0 Å². The molecule has 124 valence electrons. The Morgan fingerprint density at radius 2 is 2.39 bits per heavy atom. The smallest absolute Gasteiger partial charge is 0.318 e. The van der Waals surface area contributed by atoms with E-state index in [0.717, 1.165) is 31.8 Å². The van der Waals surface area contributed by atoms with Crippen molar-refractivity contribution in [1.82, 2.24) is 19.8 Å². The molecule has 1 aliphatic heterocycles. The normalized spacial score (nSPS) is 17.9. The van der Waals surface area contributed by atoms with E-state index < -0.39 is 0 Å². The van der Waals surface area contributed by atoms with Gasteiger partial charge in [0.05, 0.1) is 12.6 Å². The van der Waals surface area contributed by atoms with E-state index in [2.05, 4.69) is 46.2 Å². The fourth-order valence-electron chi connectivity index (χ4n) is 3.11. The zero-order chi connectivity index (χ0) is 16.2. The van der Waals surface area contributed by atoms with Gasteiger partial charge in [-0.15, -0.1) is 11.3 Å². The number of carbonyl (C=O) groups excluding carboxylic acids is 1. The van der Waals surface area contributed by atoms with Gasteiger partial charge in [0.15, 0.2) is 0 Å². The summed E-state index contributed by atoms with van der Waals surface area (Å²) in [5.74, 6) is 1.47. The minimum atomic E-state index is 0.0139. The number of amides is 2. The summed E-state index contributed by atoms with van der Waals surface area (Å²) in [6, 6.07) is 4.42. The summed E-state index contributed by atoms with van der Waals surface area (Å²) >= 11 is 1.73. The SMILES string of the molecule is CC(C)Cn1ccnc1CNC(=O)N1CCCC1c1cccs1. The third-order valence-corrected chi connectivity index (χ3v) is 5.12. The molecule has 2 aromatic heterocycles. The largest absolute Gasteiger partial charge is 0.333 e. The molecule has 3 rings (SSSR count). The Labute approximate surface area is 141 Å². The van der Waals surface area contributed by atoms with Crippen LogP contribution in [0.1, 0.15) is 43.4 Å². The zero-order valence-corrected chi connectivity index (χ0v) is 14.6. The van der Waals surface area contributed by atoms with Crippen molar-refractivity contribution < 1.29 is 4.79 Å². The maximum absolute atomic E-state index is 12.6. The van der Waals surface area contributed by atoms with Crippen LogP contribution in [0.15, 0.2) is 29.9 Å². The molecule has 3 heterocycles. The van der Waals surface area contributed by atoms with Gasteiger partial charge in [0, 0.05) is 30.4 Å². The Hall–Kier alpha value is -1.82. The van der Waals surface area contributed by atoms with E-state index in [-0.39, 0.29) is 12.1 Å². The molecule has 1 atom stereocenters. The highest BCUT2D eigenvalue weighted by atomic mass is 32.1. The Balaban J connectivity index is 1.60. The number of nitrogens with zero attached hydrogens (tertiary/aromatic N) is 3. The van der Waals surface area contributed by atoms with Crippen molar-refractivity contribution in [3.8, 4) is 0 Å². The standard InChI is InChI=1S/C17H24N4OS/c1-13(2)12-20-9-7-18-16(20)11-19-17(22)21-8-3-5-14(21)15-6-4-10-23-15/h4,6-7,9-10,13-14H,3,5,8,11-12H2,1-2H3,(H,19,22). The molecule has 0 aromatic carbocycles. The number of likely N-dealkylation sites (tertiary alicyclic amines) is 1. The molecule has 2 aromatic rings. The van der Waals surface area contributed by atoms with Gasteiger partial charge < -0.3 is 14.8 Å². The summed E-state index contributed by atoms with van der Waals surface area (Å²) in [6.07, 6.45) is 5.90. The predicted molar refractivity (Wildman–Crippen MR) is 92.3 cm³/mol. The van der Waals surface area contributed by atoms with E-state index in [4.69, 9.17) is 0 Å². The summed E-state index contributed by atoms with van der Waals surface area (Å²) in [4.78, 5) is 20.2. The van der Waals surface area contributed by atoms with Crippen LogP contribution in [0.4, 0.5) is 4.79 Å². The minimum Gasteiger partial charge on any atom is -0.333 e. The topological polar surface area (TPSA) is 50.2 Å². The number of hydrogen-bond donors (Lipinski definition) is 1. The molecular weight excluding hydrogens is 308 g/mol. The molecule has 0 aliphatic carbocycles.